The molecule has 3 heterocycles. The van der Waals surface area contributed by atoms with Crippen LogP contribution in [0.5, 0.6) is 0 Å². The van der Waals surface area contributed by atoms with Crippen LogP contribution in [0.3, 0.4) is 0 Å². The number of carbonyl (C=O) groups excluding carboxylic acids is 2. The molecule has 184 valence electrons. The van der Waals surface area contributed by atoms with Gasteiger partial charge < -0.3 is 9.88 Å². The van der Waals surface area contributed by atoms with E-state index in [-0.39, 0.29) is 29.5 Å². The molecular formula is C29H29FN4O2. The number of amidine groups is 1. The van der Waals surface area contributed by atoms with Gasteiger partial charge in [0.25, 0.3) is 5.91 Å². The van der Waals surface area contributed by atoms with Gasteiger partial charge >= 0.3 is 0 Å². The highest BCUT2D eigenvalue weighted by Gasteiger charge is 2.58. The van der Waals surface area contributed by atoms with Gasteiger partial charge in [-0.15, -0.1) is 0 Å². The second-order valence-corrected chi connectivity index (χ2v) is 11.0. The highest BCUT2D eigenvalue weighted by atomic mass is 19.1. The monoisotopic (exact) mass is 484 g/mol. The van der Waals surface area contributed by atoms with Gasteiger partial charge in [-0.1, -0.05) is 12.1 Å². The Kier molecular flexibility index (Phi) is 4.69. The van der Waals surface area contributed by atoms with Crippen LogP contribution < -0.4 is 0 Å². The number of nitrogens with one attached hydrogen (secondary N) is 1. The Bertz CT molecular complexity index is 1450. The van der Waals surface area contributed by atoms with Gasteiger partial charge in [-0.3, -0.25) is 19.5 Å². The summed E-state index contributed by atoms with van der Waals surface area (Å²) in [5.41, 5.74) is 3.56. The minimum absolute atomic E-state index is 0.0128. The zero-order chi connectivity index (χ0) is 24.6. The molecule has 0 bridgehead atoms. The van der Waals surface area contributed by atoms with Crippen molar-refractivity contribution in [3.8, 4) is 11.1 Å². The SMILES string of the molecule is Cc1cc2cc(-c3ccc(C4=NC5(CC5)C(=O)N4CC4CCN(C(=O)C5CC5)C4)c(F)c3)ccc2[nH]1. The second kappa shape index (κ2) is 7.76. The van der Waals surface area contributed by atoms with Gasteiger partial charge in [0.15, 0.2) is 0 Å². The fraction of sp³-hybridized carbons (Fsp3) is 0.414. The molecular weight excluding hydrogens is 455 g/mol. The molecule has 3 aromatic rings. The van der Waals surface area contributed by atoms with Crippen LogP contribution in [0.1, 0.15) is 43.4 Å². The van der Waals surface area contributed by atoms with Crippen LogP contribution in [0.4, 0.5) is 4.39 Å². The minimum atomic E-state index is -0.695. The summed E-state index contributed by atoms with van der Waals surface area (Å²) in [6.07, 6.45) is 4.30. The maximum absolute atomic E-state index is 15.6. The number of amides is 2. The molecule has 1 aromatic heterocycles. The molecule has 0 radical (unpaired) electrons. The van der Waals surface area contributed by atoms with Gasteiger partial charge in [0, 0.05) is 42.1 Å². The number of halogens is 1. The van der Waals surface area contributed by atoms with E-state index in [1.54, 1.807) is 17.0 Å². The number of rotatable bonds is 5. The maximum atomic E-state index is 15.6. The number of aromatic nitrogens is 1. The van der Waals surface area contributed by atoms with Crippen molar-refractivity contribution in [1.82, 2.24) is 14.8 Å². The number of likely N-dealkylation sites (tertiary alicyclic amines) is 1. The first kappa shape index (κ1) is 21.8. The zero-order valence-corrected chi connectivity index (χ0v) is 20.4. The van der Waals surface area contributed by atoms with Crippen molar-refractivity contribution in [2.45, 2.75) is 44.6 Å². The summed E-state index contributed by atoms with van der Waals surface area (Å²) >= 11 is 0. The van der Waals surface area contributed by atoms with Crippen LogP contribution >= 0.6 is 0 Å². The number of nitrogens with zero attached hydrogens (tertiary/aromatic N) is 3. The smallest absolute Gasteiger partial charge is 0.256 e. The second-order valence-electron chi connectivity index (χ2n) is 11.0. The number of hydrogen-bond donors (Lipinski definition) is 1. The van der Waals surface area contributed by atoms with Gasteiger partial charge in [0.1, 0.15) is 17.2 Å². The first-order valence-electron chi connectivity index (χ1n) is 13.0. The minimum Gasteiger partial charge on any atom is -0.359 e. The molecule has 1 unspecified atom stereocenters. The lowest BCUT2D eigenvalue weighted by Crippen LogP contribution is -2.41. The molecule has 3 fully saturated rings. The summed E-state index contributed by atoms with van der Waals surface area (Å²) in [5.74, 6) is 0.719. The van der Waals surface area contributed by atoms with E-state index in [1.807, 2.05) is 30.0 Å². The fourth-order valence-corrected chi connectivity index (χ4v) is 5.84. The predicted octanol–water partition coefficient (Wildman–Crippen LogP) is 4.66. The number of fused-ring (bicyclic) bond motifs is 1. The molecule has 36 heavy (non-hydrogen) atoms. The maximum Gasteiger partial charge on any atom is 0.256 e. The van der Waals surface area contributed by atoms with Crippen LogP contribution in [0, 0.1) is 24.6 Å². The number of benzene rings is 2. The highest BCUT2D eigenvalue weighted by molar-refractivity contribution is 6.16. The molecule has 2 aliphatic heterocycles. The third-order valence-corrected chi connectivity index (χ3v) is 8.21. The molecule has 1 spiro atoms. The third kappa shape index (κ3) is 3.55. The first-order chi connectivity index (χ1) is 17.4. The lowest BCUT2D eigenvalue weighted by Gasteiger charge is -2.24. The Labute approximate surface area is 209 Å². The Morgan fingerprint density at radius 2 is 1.89 bits per heavy atom. The Balaban J connectivity index is 1.15. The number of aliphatic imine (C=N–C) groups is 1. The number of aromatic amines is 1. The van der Waals surface area contributed by atoms with Gasteiger partial charge in [-0.25, -0.2) is 4.39 Å². The van der Waals surface area contributed by atoms with Crippen LogP contribution in [-0.2, 0) is 9.59 Å². The molecule has 2 aromatic carbocycles. The molecule has 2 saturated carbocycles. The summed E-state index contributed by atoms with van der Waals surface area (Å²) in [4.78, 5) is 37.6. The van der Waals surface area contributed by atoms with Gasteiger partial charge in [-0.2, -0.15) is 0 Å². The van der Waals surface area contributed by atoms with E-state index < -0.39 is 5.54 Å². The molecule has 7 rings (SSSR count). The van der Waals surface area contributed by atoms with Crippen molar-refractivity contribution in [2.24, 2.45) is 16.8 Å². The van der Waals surface area contributed by atoms with E-state index in [4.69, 9.17) is 4.99 Å². The number of carbonyl (C=O) groups is 2. The molecule has 1 N–H and O–H groups in total. The Morgan fingerprint density at radius 1 is 1.11 bits per heavy atom. The highest BCUT2D eigenvalue weighted by Crippen LogP contribution is 2.46. The van der Waals surface area contributed by atoms with Crippen molar-refractivity contribution >= 4 is 28.6 Å². The summed E-state index contributed by atoms with van der Waals surface area (Å²) in [6, 6.07) is 13.4. The van der Waals surface area contributed by atoms with Gasteiger partial charge in [0.2, 0.25) is 5.91 Å². The van der Waals surface area contributed by atoms with Crippen molar-refractivity contribution in [1.29, 1.82) is 0 Å². The molecule has 2 amide bonds. The van der Waals surface area contributed by atoms with E-state index in [0.717, 1.165) is 66.4 Å². The van der Waals surface area contributed by atoms with E-state index in [0.29, 0.717) is 24.5 Å². The topological polar surface area (TPSA) is 68.8 Å². The number of hydrogen-bond acceptors (Lipinski definition) is 3. The van der Waals surface area contributed by atoms with E-state index in [1.165, 1.54) is 0 Å². The van der Waals surface area contributed by atoms with Crippen LogP contribution in [0.25, 0.3) is 22.0 Å². The largest absolute Gasteiger partial charge is 0.359 e. The quantitative estimate of drug-likeness (QED) is 0.572. The summed E-state index contributed by atoms with van der Waals surface area (Å²) in [6.45, 7) is 3.92. The van der Waals surface area contributed by atoms with Crippen LogP contribution in [0.2, 0.25) is 0 Å². The lowest BCUT2D eigenvalue weighted by atomic mass is 10.0. The van der Waals surface area contributed by atoms with E-state index in [9.17, 15) is 9.59 Å². The van der Waals surface area contributed by atoms with Crippen LogP contribution in [-0.4, -0.2) is 57.6 Å². The zero-order valence-electron chi connectivity index (χ0n) is 20.4. The molecule has 4 aliphatic rings. The van der Waals surface area contributed by atoms with E-state index in [2.05, 4.69) is 17.1 Å². The normalized spacial score (nSPS) is 22.7. The molecule has 2 aliphatic carbocycles. The summed E-state index contributed by atoms with van der Waals surface area (Å²) in [7, 11) is 0. The summed E-state index contributed by atoms with van der Waals surface area (Å²) in [5, 5.41) is 1.09. The van der Waals surface area contributed by atoms with Crippen LogP contribution in [0.15, 0.2) is 47.5 Å². The fourth-order valence-electron chi connectivity index (χ4n) is 5.84. The Hall–Kier alpha value is -3.48. The standard InChI is InChI=1S/C29H29FN4O2/c1-17-12-22-13-20(5-7-25(22)31-17)21-4-6-23(24(30)14-21)26-32-29(9-10-29)28(36)34(26)16-18-8-11-33(15-18)27(35)19-2-3-19/h4-7,12-14,18-19,31H,2-3,8-11,15-16H2,1H3. The molecule has 1 saturated heterocycles. The molecule has 7 heteroatoms. The number of H-pyrrole nitrogens is 1. The Morgan fingerprint density at radius 3 is 2.64 bits per heavy atom. The van der Waals surface area contributed by atoms with Gasteiger partial charge in [0.05, 0.1) is 5.56 Å². The van der Waals surface area contributed by atoms with Crippen molar-refractivity contribution in [3.63, 3.8) is 0 Å². The van der Waals surface area contributed by atoms with E-state index >= 15 is 4.39 Å². The molecule has 6 nitrogen and oxygen atoms in total. The molecule has 1 atom stereocenters. The van der Waals surface area contributed by atoms with Crippen molar-refractivity contribution < 1.29 is 14.0 Å². The average Bonchev–Trinajstić information content (AvgIpc) is 3.76. The van der Waals surface area contributed by atoms with Crippen molar-refractivity contribution in [2.75, 3.05) is 19.6 Å². The van der Waals surface area contributed by atoms with Crippen molar-refractivity contribution in [3.05, 3.63) is 59.5 Å². The lowest BCUT2D eigenvalue weighted by molar-refractivity contribution is -0.131. The first-order valence-corrected chi connectivity index (χ1v) is 13.0. The summed E-state index contributed by atoms with van der Waals surface area (Å²) < 4.78 is 15.6. The van der Waals surface area contributed by atoms with Gasteiger partial charge in [-0.05, 0) is 86.4 Å². The average molecular weight is 485 g/mol. The number of aryl methyl sites for hydroxylation is 1. The third-order valence-electron chi connectivity index (χ3n) is 8.21. The predicted molar refractivity (Wildman–Crippen MR) is 136 cm³/mol.